The number of halogens is 1. The largest absolute Gasteiger partial charge is 1.00 e. The normalized spacial score (nSPS) is 10.2. The van der Waals surface area contributed by atoms with Crippen LogP contribution < -0.4 is 27.6 Å². The number of carbonyl (C=O) groups excluding carboxylic acids is 2. The lowest BCUT2D eigenvalue weighted by molar-refractivity contribution is -0.684. The van der Waals surface area contributed by atoms with Crippen LogP contribution in [0, 0.1) is 0 Å². The van der Waals surface area contributed by atoms with Gasteiger partial charge in [-0.2, -0.15) is 4.57 Å². The van der Waals surface area contributed by atoms with E-state index in [9.17, 15) is 9.59 Å². The van der Waals surface area contributed by atoms with E-state index in [-0.39, 0.29) is 30.8 Å². The van der Waals surface area contributed by atoms with Crippen molar-refractivity contribution in [1.29, 1.82) is 0 Å². The average Bonchev–Trinajstić information content (AvgIpc) is 2.73. The first-order valence-corrected chi connectivity index (χ1v) is 10.8. The molecule has 0 spiro atoms. The van der Waals surface area contributed by atoms with Crippen LogP contribution in [0.2, 0.25) is 0 Å². The van der Waals surface area contributed by atoms with Gasteiger partial charge in [-0.1, -0.05) is 70.1 Å². The number of nitrogens with one attached hydrogen (secondary N) is 2. The summed E-state index contributed by atoms with van der Waals surface area (Å²) in [6, 6.07) is 12.9. The zero-order valence-electron chi connectivity index (χ0n) is 17.9. The summed E-state index contributed by atoms with van der Waals surface area (Å²) in [5.74, 6) is -0.219. The first-order chi connectivity index (χ1) is 14.2. The highest BCUT2D eigenvalue weighted by molar-refractivity contribution is 6.03. The second-order valence-corrected chi connectivity index (χ2v) is 7.41. The maximum Gasteiger partial charge on any atom is 0.285 e. The molecule has 0 radical (unpaired) electrons. The number of amides is 2. The summed E-state index contributed by atoms with van der Waals surface area (Å²) in [7, 11) is 0. The van der Waals surface area contributed by atoms with E-state index in [2.05, 4.69) is 17.6 Å². The molecule has 30 heavy (non-hydrogen) atoms. The van der Waals surface area contributed by atoms with Crippen LogP contribution in [-0.2, 0) is 11.3 Å². The molecular weight excluding hydrogens is 398 g/mol. The molecule has 5 nitrogen and oxygen atoms in total. The van der Waals surface area contributed by atoms with Gasteiger partial charge in [0.05, 0.1) is 0 Å². The van der Waals surface area contributed by atoms with Crippen LogP contribution in [0.15, 0.2) is 54.9 Å². The van der Waals surface area contributed by atoms with Gasteiger partial charge in [0, 0.05) is 18.3 Å². The number of hydrogen-bond donors (Lipinski definition) is 2. The minimum absolute atomic E-state index is 0. The fourth-order valence-corrected chi connectivity index (χ4v) is 3.19. The Morgan fingerprint density at radius 2 is 1.53 bits per heavy atom. The number of para-hydroxylation sites is 1. The predicted octanol–water partition coefficient (Wildman–Crippen LogP) is 1.49. The summed E-state index contributed by atoms with van der Waals surface area (Å²) in [6.07, 6.45) is 13.5. The van der Waals surface area contributed by atoms with Crippen LogP contribution in [0.3, 0.4) is 0 Å². The van der Waals surface area contributed by atoms with E-state index in [0.717, 1.165) is 18.5 Å². The summed E-state index contributed by atoms with van der Waals surface area (Å²) in [6.45, 7) is 3.16. The number of benzene rings is 1. The van der Waals surface area contributed by atoms with Crippen molar-refractivity contribution in [2.75, 3.05) is 11.9 Å². The third-order valence-corrected chi connectivity index (χ3v) is 4.83. The Morgan fingerprint density at radius 1 is 0.867 bits per heavy atom. The summed E-state index contributed by atoms with van der Waals surface area (Å²) < 4.78 is 1.74. The van der Waals surface area contributed by atoms with E-state index in [0.29, 0.717) is 12.1 Å². The van der Waals surface area contributed by atoms with E-state index < -0.39 is 0 Å². The molecule has 0 saturated heterocycles. The highest BCUT2D eigenvalue weighted by Crippen LogP contribution is 2.08. The fraction of sp³-hybridized carbons (Fsp3) is 0.458. The number of aromatic nitrogens is 1. The predicted molar refractivity (Wildman–Crippen MR) is 117 cm³/mol. The van der Waals surface area contributed by atoms with Crippen molar-refractivity contribution >= 4 is 17.5 Å². The lowest BCUT2D eigenvalue weighted by atomic mass is 10.1. The van der Waals surface area contributed by atoms with E-state index in [1.807, 2.05) is 30.3 Å². The molecule has 2 rings (SSSR count). The van der Waals surface area contributed by atoms with E-state index >= 15 is 0 Å². The highest BCUT2D eigenvalue weighted by atomic mass is 35.5. The van der Waals surface area contributed by atoms with E-state index in [1.165, 1.54) is 38.5 Å². The van der Waals surface area contributed by atoms with E-state index in [4.69, 9.17) is 0 Å². The SMILES string of the molecule is CCCCCCCCCCNC(=O)C[n+]1cccc(C(=O)Nc2ccccc2)c1.[Cl-]. The first kappa shape index (κ1) is 25.6. The second-order valence-electron chi connectivity index (χ2n) is 7.41. The molecule has 6 heteroatoms. The Labute approximate surface area is 186 Å². The molecular formula is C24H34ClN3O2. The molecule has 0 aliphatic rings. The number of pyridine rings is 1. The Balaban J connectivity index is 0.00000450. The molecule has 1 aromatic heterocycles. The molecule has 2 amide bonds. The third-order valence-electron chi connectivity index (χ3n) is 4.83. The maximum absolute atomic E-state index is 12.4. The van der Waals surface area contributed by atoms with Crippen LogP contribution in [0.5, 0.6) is 0 Å². The van der Waals surface area contributed by atoms with Gasteiger partial charge in [0.2, 0.25) is 6.54 Å². The molecule has 2 aromatic rings. The number of nitrogens with zero attached hydrogens (tertiary/aromatic N) is 1. The lowest BCUT2D eigenvalue weighted by Crippen LogP contribution is -3.00. The Hall–Kier alpha value is -2.40. The number of carbonyl (C=O) groups is 2. The van der Waals surface area contributed by atoms with Crippen molar-refractivity contribution in [2.45, 2.75) is 64.8 Å². The van der Waals surface area contributed by atoms with Gasteiger partial charge < -0.3 is 23.0 Å². The number of unbranched alkanes of at least 4 members (excludes halogenated alkanes) is 7. The molecule has 0 saturated carbocycles. The Bertz CT molecular complexity index is 753. The van der Waals surface area contributed by atoms with Gasteiger partial charge in [-0.25, -0.2) is 0 Å². The first-order valence-electron chi connectivity index (χ1n) is 10.8. The number of anilines is 1. The van der Waals surface area contributed by atoms with Crippen molar-refractivity contribution in [2.24, 2.45) is 0 Å². The Morgan fingerprint density at radius 3 is 2.23 bits per heavy atom. The second kappa shape index (κ2) is 15.4. The summed E-state index contributed by atoms with van der Waals surface area (Å²) in [5.41, 5.74) is 1.27. The highest BCUT2D eigenvalue weighted by Gasteiger charge is 2.13. The van der Waals surface area contributed by atoms with Gasteiger partial charge >= 0.3 is 0 Å². The van der Waals surface area contributed by atoms with Crippen LogP contribution in [-0.4, -0.2) is 18.4 Å². The standard InChI is InChI=1S/C24H33N3O2.ClH/c1-2-3-4-5-6-7-8-12-17-25-23(28)20-27-18-13-14-21(19-27)24(29)26-22-15-10-9-11-16-22;/h9-11,13-16,18-19H,2-8,12,17,20H2,1H3,(H-,25,26,28,29);1H. The molecule has 0 fully saturated rings. The van der Waals surface area contributed by atoms with Crippen molar-refractivity contribution < 1.29 is 26.6 Å². The van der Waals surface area contributed by atoms with Gasteiger partial charge in [0.1, 0.15) is 5.56 Å². The minimum Gasteiger partial charge on any atom is -1.00 e. The monoisotopic (exact) mass is 431 g/mol. The van der Waals surface area contributed by atoms with E-state index in [1.54, 1.807) is 29.1 Å². The molecule has 0 aliphatic carbocycles. The van der Waals surface area contributed by atoms with Crippen LogP contribution in [0.25, 0.3) is 0 Å². The van der Waals surface area contributed by atoms with Crippen LogP contribution in [0.1, 0.15) is 68.6 Å². The van der Waals surface area contributed by atoms with Crippen molar-refractivity contribution in [3.63, 3.8) is 0 Å². The minimum atomic E-state index is -0.190. The van der Waals surface area contributed by atoms with Crippen molar-refractivity contribution in [3.8, 4) is 0 Å². The molecule has 2 N–H and O–H groups in total. The van der Waals surface area contributed by atoms with Gasteiger partial charge in [-0.3, -0.25) is 9.59 Å². The smallest absolute Gasteiger partial charge is 0.285 e. The zero-order chi connectivity index (χ0) is 20.7. The van der Waals surface area contributed by atoms with Gasteiger partial charge in [0.15, 0.2) is 12.4 Å². The molecule has 0 bridgehead atoms. The average molecular weight is 432 g/mol. The third kappa shape index (κ3) is 10.4. The fourth-order valence-electron chi connectivity index (χ4n) is 3.19. The molecule has 0 aliphatic heterocycles. The summed E-state index contributed by atoms with van der Waals surface area (Å²) in [4.78, 5) is 24.5. The van der Waals surface area contributed by atoms with Crippen molar-refractivity contribution in [3.05, 3.63) is 60.4 Å². The van der Waals surface area contributed by atoms with Gasteiger partial charge in [0.25, 0.3) is 11.8 Å². The summed E-state index contributed by atoms with van der Waals surface area (Å²) >= 11 is 0. The van der Waals surface area contributed by atoms with Crippen LogP contribution >= 0.6 is 0 Å². The topological polar surface area (TPSA) is 62.1 Å². The lowest BCUT2D eigenvalue weighted by Gasteiger charge is -2.05. The maximum atomic E-state index is 12.4. The zero-order valence-corrected chi connectivity index (χ0v) is 18.7. The Kier molecular flexibility index (Phi) is 13.2. The number of hydrogen-bond acceptors (Lipinski definition) is 2. The molecule has 0 unspecified atom stereocenters. The summed E-state index contributed by atoms with van der Waals surface area (Å²) in [5, 5.41) is 5.83. The number of rotatable bonds is 13. The van der Waals surface area contributed by atoms with Gasteiger partial charge in [-0.05, 0) is 24.6 Å². The molecule has 1 heterocycles. The quantitative estimate of drug-likeness (QED) is 0.373. The van der Waals surface area contributed by atoms with Crippen molar-refractivity contribution in [1.82, 2.24) is 5.32 Å². The molecule has 1 aromatic carbocycles. The van der Waals surface area contributed by atoms with Gasteiger partial charge in [-0.15, -0.1) is 0 Å². The molecule has 164 valence electrons. The molecule has 0 atom stereocenters. The van der Waals surface area contributed by atoms with Crippen LogP contribution in [0.4, 0.5) is 5.69 Å².